The number of pyridine rings is 1. The maximum absolute atomic E-state index is 11.8. The van der Waals surface area contributed by atoms with Crippen LogP contribution in [0.4, 0.5) is 0 Å². The van der Waals surface area contributed by atoms with Crippen molar-refractivity contribution in [1.29, 1.82) is 0 Å². The van der Waals surface area contributed by atoms with E-state index >= 15 is 0 Å². The lowest BCUT2D eigenvalue weighted by Crippen LogP contribution is -2.06. The van der Waals surface area contributed by atoms with Crippen LogP contribution in [0.3, 0.4) is 0 Å². The molecule has 2 rings (SSSR count). The Hall–Kier alpha value is -1.29. The second-order valence-electron chi connectivity index (χ2n) is 3.69. The number of rotatable bonds is 3. The Morgan fingerprint density at radius 3 is 2.74 bits per heavy atom. The van der Waals surface area contributed by atoms with E-state index in [2.05, 4.69) is 4.98 Å². The average molecular weight is 317 g/mol. The second kappa shape index (κ2) is 6.24. The Bertz CT molecular complexity index is 617. The molecule has 0 saturated carbocycles. The van der Waals surface area contributed by atoms with Crippen molar-refractivity contribution >= 4 is 40.8 Å². The van der Waals surface area contributed by atoms with Crippen LogP contribution in [0, 0.1) is 0 Å². The molecule has 1 aromatic heterocycles. The van der Waals surface area contributed by atoms with Gasteiger partial charge in [0.15, 0.2) is 0 Å². The van der Waals surface area contributed by atoms with Crippen molar-refractivity contribution < 1.29 is 9.53 Å². The number of halogens is 3. The fourth-order valence-corrected chi connectivity index (χ4v) is 1.97. The Kier molecular flexibility index (Phi) is 4.64. The molecule has 1 aromatic carbocycles. The number of carbonyl (C=O) groups excluding carboxylic acids is 1. The highest BCUT2D eigenvalue weighted by Crippen LogP contribution is 2.20. The molecule has 0 amide bonds. The van der Waals surface area contributed by atoms with Gasteiger partial charge >= 0.3 is 5.97 Å². The van der Waals surface area contributed by atoms with Crippen molar-refractivity contribution in [2.45, 2.75) is 6.61 Å². The van der Waals surface area contributed by atoms with Gasteiger partial charge in [-0.15, -0.1) is 0 Å². The Morgan fingerprint density at radius 2 is 2.00 bits per heavy atom. The number of carbonyl (C=O) groups is 1. The van der Waals surface area contributed by atoms with E-state index in [0.29, 0.717) is 5.02 Å². The molecule has 98 valence electrons. The Balaban J connectivity index is 2.07. The Morgan fingerprint density at radius 1 is 1.21 bits per heavy atom. The third-order valence-electron chi connectivity index (χ3n) is 2.30. The summed E-state index contributed by atoms with van der Waals surface area (Å²) >= 11 is 17.4. The van der Waals surface area contributed by atoms with Gasteiger partial charge in [-0.3, -0.25) is 0 Å². The minimum atomic E-state index is -0.561. The number of benzene rings is 1. The van der Waals surface area contributed by atoms with Crippen LogP contribution in [0.5, 0.6) is 0 Å². The summed E-state index contributed by atoms with van der Waals surface area (Å²) in [5.41, 5.74) is 0.973. The number of nitrogens with zero attached hydrogens (tertiary/aromatic N) is 1. The van der Waals surface area contributed by atoms with Crippen LogP contribution in [-0.2, 0) is 11.3 Å². The van der Waals surface area contributed by atoms with Gasteiger partial charge in [-0.05, 0) is 23.8 Å². The highest BCUT2D eigenvalue weighted by Gasteiger charge is 2.13. The number of ether oxygens (including phenoxy) is 1. The number of hydrogen-bond acceptors (Lipinski definition) is 3. The van der Waals surface area contributed by atoms with E-state index in [4.69, 9.17) is 39.5 Å². The summed E-state index contributed by atoms with van der Waals surface area (Å²) in [6.07, 6.45) is 1.31. The monoisotopic (exact) mass is 315 g/mol. The topological polar surface area (TPSA) is 39.2 Å². The summed E-state index contributed by atoms with van der Waals surface area (Å²) in [6.45, 7) is 0.107. The summed E-state index contributed by atoms with van der Waals surface area (Å²) < 4.78 is 5.14. The number of aromatic nitrogens is 1. The average Bonchev–Trinajstić information content (AvgIpc) is 2.39. The molecule has 6 heteroatoms. The molecule has 0 spiro atoms. The van der Waals surface area contributed by atoms with Crippen LogP contribution in [0.25, 0.3) is 0 Å². The van der Waals surface area contributed by atoms with E-state index in [1.165, 1.54) is 12.3 Å². The third kappa shape index (κ3) is 3.83. The molecule has 1 heterocycles. The van der Waals surface area contributed by atoms with Crippen LogP contribution >= 0.6 is 34.8 Å². The maximum atomic E-state index is 11.8. The van der Waals surface area contributed by atoms with Crippen molar-refractivity contribution in [2.75, 3.05) is 0 Å². The van der Waals surface area contributed by atoms with Gasteiger partial charge in [0, 0.05) is 11.2 Å². The fraction of sp³-hybridized carbons (Fsp3) is 0.0769. The van der Waals surface area contributed by atoms with Gasteiger partial charge in [-0.1, -0.05) is 46.9 Å². The lowest BCUT2D eigenvalue weighted by molar-refractivity contribution is 0.0473. The van der Waals surface area contributed by atoms with E-state index < -0.39 is 5.97 Å². The first-order valence-corrected chi connectivity index (χ1v) is 6.42. The van der Waals surface area contributed by atoms with Crippen LogP contribution in [0.1, 0.15) is 15.9 Å². The van der Waals surface area contributed by atoms with Gasteiger partial charge in [0.25, 0.3) is 0 Å². The third-order valence-corrected chi connectivity index (χ3v) is 3.04. The maximum Gasteiger partial charge on any atom is 0.340 e. The molecule has 0 saturated heterocycles. The largest absolute Gasteiger partial charge is 0.457 e. The smallest absolute Gasteiger partial charge is 0.340 e. The standard InChI is InChI=1S/C13H8Cl3NO2/c14-9-3-1-2-8(4-9)7-19-13(18)10-5-12(16)17-6-11(10)15/h1-6H,7H2. The molecule has 0 aliphatic heterocycles. The molecular formula is C13H8Cl3NO2. The molecule has 0 atom stereocenters. The predicted octanol–water partition coefficient (Wildman–Crippen LogP) is 4.40. The number of hydrogen-bond donors (Lipinski definition) is 0. The molecule has 0 N–H and O–H groups in total. The summed E-state index contributed by atoms with van der Waals surface area (Å²) in [5.74, 6) is -0.561. The van der Waals surface area contributed by atoms with Crippen LogP contribution in [-0.4, -0.2) is 11.0 Å². The lowest BCUT2D eigenvalue weighted by atomic mass is 10.2. The zero-order chi connectivity index (χ0) is 13.8. The zero-order valence-corrected chi connectivity index (χ0v) is 11.8. The molecule has 0 unspecified atom stereocenters. The SMILES string of the molecule is O=C(OCc1cccc(Cl)c1)c1cc(Cl)ncc1Cl. The lowest BCUT2D eigenvalue weighted by Gasteiger charge is -2.06. The van der Waals surface area contributed by atoms with Gasteiger partial charge < -0.3 is 4.74 Å². The first-order valence-electron chi connectivity index (χ1n) is 5.29. The van der Waals surface area contributed by atoms with Crippen LogP contribution in [0.2, 0.25) is 15.2 Å². The quantitative estimate of drug-likeness (QED) is 0.622. The minimum absolute atomic E-state index is 0.107. The van der Waals surface area contributed by atoms with E-state index in [1.54, 1.807) is 24.3 Å². The first kappa shape index (κ1) is 14.1. The summed E-state index contributed by atoms with van der Waals surface area (Å²) in [6, 6.07) is 8.41. The summed E-state index contributed by atoms with van der Waals surface area (Å²) in [5, 5.41) is 0.957. The molecule has 19 heavy (non-hydrogen) atoms. The summed E-state index contributed by atoms with van der Waals surface area (Å²) in [7, 11) is 0. The van der Waals surface area contributed by atoms with Crippen LogP contribution in [0.15, 0.2) is 36.5 Å². The molecule has 0 bridgehead atoms. The highest BCUT2D eigenvalue weighted by atomic mass is 35.5. The van der Waals surface area contributed by atoms with E-state index in [9.17, 15) is 4.79 Å². The van der Waals surface area contributed by atoms with Gasteiger partial charge in [0.1, 0.15) is 11.8 Å². The van der Waals surface area contributed by atoms with E-state index in [0.717, 1.165) is 5.56 Å². The van der Waals surface area contributed by atoms with E-state index in [-0.39, 0.29) is 22.3 Å². The van der Waals surface area contributed by atoms with E-state index in [1.807, 2.05) is 0 Å². The van der Waals surface area contributed by atoms with Gasteiger partial charge in [-0.2, -0.15) is 0 Å². The van der Waals surface area contributed by atoms with Crippen LogP contribution < -0.4 is 0 Å². The highest BCUT2D eigenvalue weighted by molar-refractivity contribution is 6.34. The molecule has 0 fully saturated rings. The van der Waals surface area contributed by atoms with Crippen molar-refractivity contribution in [3.8, 4) is 0 Å². The van der Waals surface area contributed by atoms with Gasteiger partial charge in [0.2, 0.25) is 0 Å². The van der Waals surface area contributed by atoms with Gasteiger partial charge in [0.05, 0.1) is 10.6 Å². The molecule has 0 radical (unpaired) electrons. The fourth-order valence-electron chi connectivity index (χ4n) is 1.42. The first-order chi connectivity index (χ1) is 9.06. The van der Waals surface area contributed by atoms with Crippen molar-refractivity contribution in [1.82, 2.24) is 4.98 Å². The predicted molar refractivity (Wildman–Crippen MR) is 74.8 cm³/mol. The Labute approximate surface area is 125 Å². The van der Waals surface area contributed by atoms with Crippen molar-refractivity contribution in [3.63, 3.8) is 0 Å². The van der Waals surface area contributed by atoms with Crippen molar-refractivity contribution in [2.24, 2.45) is 0 Å². The summed E-state index contributed by atoms with van der Waals surface area (Å²) in [4.78, 5) is 15.6. The van der Waals surface area contributed by atoms with Crippen molar-refractivity contribution in [3.05, 3.63) is 62.9 Å². The number of esters is 1. The zero-order valence-electron chi connectivity index (χ0n) is 9.57. The molecular weight excluding hydrogens is 309 g/mol. The molecule has 2 aromatic rings. The molecule has 0 aliphatic rings. The second-order valence-corrected chi connectivity index (χ2v) is 4.92. The van der Waals surface area contributed by atoms with Gasteiger partial charge in [-0.25, -0.2) is 9.78 Å². The normalized spacial score (nSPS) is 10.3. The molecule has 3 nitrogen and oxygen atoms in total. The molecule has 0 aliphatic carbocycles. The minimum Gasteiger partial charge on any atom is -0.457 e.